The lowest BCUT2D eigenvalue weighted by Gasteiger charge is -2.36. The van der Waals surface area contributed by atoms with E-state index in [9.17, 15) is 22.4 Å². The predicted molar refractivity (Wildman–Crippen MR) is 117 cm³/mol. The number of benzene rings is 2. The number of halogens is 1. The van der Waals surface area contributed by atoms with Gasteiger partial charge in [-0.1, -0.05) is 19.1 Å². The van der Waals surface area contributed by atoms with Gasteiger partial charge in [-0.25, -0.2) is 14.2 Å². The van der Waals surface area contributed by atoms with E-state index in [2.05, 4.69) is 12.2 Å². The highest BCUT2D eigenvalue weighted by Crippen LogP contribution is 2.23. The third kappa shape index (κ3) is 5.63. The molecule has 0 aromatic heterocycles. The lowest BCUT2D eigenvalue weighted by Crippen LogP contribution is -2.54. The van der Waals surface area contributed by atoms with Gasteiger partial charge in [-0.05, 0) is 67.1 Å². The van der Waals surface area contributed by atoms with Gasteiger partial charge in [0.05, 0.1) is 4.90 Å². The third-order valence-corrected chi connectivity index (χ3v) is 7.19. The topological polar surface area (TPSA) is 113 Å². The Balaban J connectivity index is 1.62. The number of carbonyl (C=O) groups excluding carboxylic acids is 2. The molecule has 0 saturated carbocycles. The van der Waals surface area contributed by atoms with E-state index in [4.69, 9.17) is 5.73 Å². The molecule has 0 radical (unpaired) electrons. The number of nitrogens with zero attached hydrogens (tertiary/aromatic N) is 2. The molecule has 0 atom stereocenters. The van der Waals surface area contributed by atoms with Crippen molar-refractivity contribution in [2.45, 2.75) is 31.1 Å². The minimum absolute atomic E-state index is 0.0333. The fourth-order valence-corrected chi connectivity index (χ4v) is 4.92. The van der Waals surface area contributed by atoms with Gasteiger partial charge in [0.25, 0.3) is 15.9 Å². The van der Waals surface area contributed by atoms with Crippen molar-refractivity contribution in [1.82, 2.24) is 14.7 Å². The molecule has 172 valence electrons. The first-order valence-corrected chi connectivity index (χ1v) is 11.8. The van der Waals surface area contributed by atoms with Gasteiger partial charge in [0.1, 0.15) is 5.82 Å². The number of carbonyl (C=O) groups is 2. The number of hydrogen-bond acceptors (Lipinski definition) is 5. The Hall–Kier alpha value is -2.98. The van der Waals surface area contributed by atoms with Crippen molar-refractivity contribution in [2.24, 2.45) is 11.7 Å². The normalized spacial score (nSPS) is 15.3. The van der Waals surface area contributed by atoms with Crippen LogP contribution in [0.2, 0.25) is 0 Å². The zero-order chi connectivity index (χ0) is 23.3. The summed E-state index contributed by atoms with van der Waals surface area (Å²) in [5, 5.41) is 4.22. The Morgan fingerprint density at radius 3 is 2.25 bits per heavy atom. The van der Waals surface area contributed by atoms with E-state index in [1.54, 1.807) is 12.1 Å². The van der Waals surface area contributed by atoms with Crippen LogP contribution in [0.4, 0.5) is 9.18 Å². The Bertz CT molecular complexity index is 1050. The molecule has 3 amide bonds. The van der Waals surface area contributed by atoms with Crippen LogP contribution in [0.15, 0.2) is 53.4 Å². The van der Waals surface area contributed by atoms with Crippen molar-refractivity contribution >= 4 is 22.0 Å². The zero-order valence-electron chi connectivity index (χ0n) is 17.8. The van der Waals surface area contributed by atoms with Gasteiger partial charge in [-0.3, -0.25) is 4.79 Å². The lowest BCUT2D eigenvalue weighted by molar-refractivity contribution is 0.0547. The van der Waals surface area contributed by atoms with Crippen LogP contribution in [0.5, 0.6) is 0 Å². The number of sulfonamides is 1. The summed E-state index contributed by atoms with van der Waals surface area (Å²) in [6.45, 7) is 3.29. The van der Waals surface area contributed by atoms with E-state index in [1.807, 2.05) is 0 Å². The Morgan fingerprint density at radius 2 is 1.69 bits per heavy atom. The average Bonchev–Trinajstić information content (AvgIpc) is 2.75. The van der Waals surface area contributed by atoms with E-state index >= 15 is 0 Å². The summed E-state index contributed by atoms with van der Waals surface area (Å²) >= 11 is 0. The van der Waals surface area contributed by atoms with Gasteiger partial charge in [-0.2, -0.15) is 8.42 Å². The first-order valence-electron chi connectivity index (χ1n) is 10.4. The van der Waals surface area contributed by atoms with Crippen LogP contribution in [-0.2, 0) is 16.4 Å². The van der Waals surface area contributed by atoms with Crippen LogP contribution in [0, 0.1) is 11.7 Å². The van der Waals surface area contributed by atoms with Crippen LogP contribution in [-0.4, -0.2) is 49.4 Å². The maximum atomic E-state index is 13.0. The van der Waals surface area contributed by atoms with Crippen molar-refractivity contribution in [3.63, 3.8) is 0 Å². The number of nitrogens with two attached hydrogens (primary N) is 1. The highest BCUT2D eigenvalue weighted by atomic mass is 32.2. The molecule has 32 heavy (non-hydrogen) atoms. The molecular formula is C22H27FN4O4S. The quantitative estimate of drug-likeness (QED) is 0.657. The lowest BCUT2D eigenvalue weighted by atomic mass is 10.0. The van der Waals surface area contributed by atoms with Gasteiger partial charge in [-0.15, -0.1) is 4.41 Å². The van der Waals surface area contributed by atoms with Crippen LogP contribution in [0.1, 0.15) is 35.7 Å². The van der Waals surface area contributed by atoms with Gasteiger partial charge in [0.15, 0.2) is 0 Å². The summed E-state index contributed by atoms with van der Waals surface area (Å²) in [6.07, 6.45) is 2.03. The average molecular weight is 463 g/mol. The van der Waals surface area contributed by atoms with Gasteiger partial charge in [0.2, 0.25) is 0 Å². The number of rotatable bonds is 7. The monoisotopic (exact) mass is 462 g/mol. The fraction of sp³-hybridized carbons (Fsp3) is 0.364. The van der Waals surface area contributed by atoms with E-state index in [0.717, 1.165) is 18.4 Å². The van der Waals surface area contributed by atoms with E-state index in [0.29, 0.717) is 42.0 Å². The minimum atomic E-state index is -4.12. The molecule has 0 aliphatic carbocycles. The predicted octanol–water partition coefficient (Wildman–Crippen LogP) is 2.51. The third-order valence-electron chi connectivity index (χ3n) is 5.46. The Morgan fingerprint density at radius 1 is 1.09 bits per heavy atom. The number of nitrogens with one attached hydrogen (secondary N) is 1. The zero-order valence-corrected chi connectivity index (χ0v) is 18.6. The molecule has 3 N–H and O–H groups in total. The van der Waals surface area contributed by atoms with Crippen LogP contribution in [0.3, 0.4) is 0 Å². The number of piperidine rings is 1. The standard InChI is InChI=1S/C22H27FN4O4S/c1-16-11-14-26(15-12-16)27(22(24)29)32(30,31)20-8-2-17(3-9-20)10-13-25-21(28)18-4-6-19(23)7-5-18/h2-9,16H,10-15H2,1H3,(H2,24,29)(H,25,28). The summed E-state index contributed by atoms with van der Waals surface area (Å²) in [7, 11) is -4.12. The molecule has 1 saturated heterocycles. The number of hydrazine groups is 1. The molecule has 8 nitrogen and oxygen atoms in total. The smallest absolute Gasteiger partial charge is 0.343 e. The van der Waals surface area contributed by atoms with Gasteiger partial charge >= 0.3 is 6.03 Å². The number of primary amides is 1. The van der Waals surface area contributed by atoms with Crippen molar-refractivity contribution < 1.29 is 22.4 Å². The number of urea groups is 1. The second-order valence-electron chi connectivity index (χ2n) is 7.88. The molecule has 0 unspecified atom stereocenters. The van der Waals surface area contributed by atoms with Crippen LogP contribution >= 0.6 is 0 Å². The molecule has 2 aromatic rings. The highest BCUT2D eigenvalue weighted by molar-refractivity contribution is 7.89. The second kappa shape index (κ2) is 10.1. The van der Waals surface area contributed by atoms with E-state index < -0.39 is 21.9 Å². The maximum Gasteiger partial charge on any atom is 0.343 e. The number of hydrogen-bond donors (Lipinski definition) is 2. The van der Waals surface area contributed by atoms with E-state index in [1.165, 1.54) is 41.4 Å². The number of amides is 3. The summed E-state index contributed by atoms with van der Waals surface area (Å²) in [5.74, 6) is -0.273. The van der Waals surface area contributed by atoms with Gasteiger partial charge < -0.3 is 11.1 Å². The first-order chi connectivity index (χ1) is 15.2. The summed E-state index contributed by atoms with van der Waals surface area (Å²) in [4.78, 5) is 24.0. The molecule has 1 heterocycles. The van der Waals surface area contributed by atoms with Crippen LogP contribution < -0.4 is 11.1 Å². The molecule has 3 rings (SSSR count). The first kappa shape index (κ1) is 23.7. The molecular weight excluding hydrogens is 435 g/mol. The molecule has 0 bridgehead atoms. The summed E-state index contributed by atoms with van der Waals surface area (Å²) in [6, 6.07) is 10.3. The second-order valence-corrected chi connectivity index (χ2v) is 9.65. The Labute approximate surface area is 187 Å². The largest absolute Gasteiger partial charge is 0.352 e. The summed E-state index contributed by atoms with van der Waals surface area (Å²) < 4.78 is 39.7. The van der Waals surface area contributed by atoms with Crippen LogP contribution in [0.25, 0.3) is 0 Å². The molecule has 1 aliphatic heterocycles. The molecule has 1 aliphatic rings. The molecule has 10 heteroatoms. The molecule has 2 aromatic carbocycles. The molecule has 1 fully saturated rings. The van der Waals surface area contributed by atoms with Gasteiger partial charge in [0, 0.05) is 25.2 Å². The maximum absolute atomic E-state index is 13.0. The van der Waals surface area contributed by atoms with Crippen molar-refractivity contribution in [3.05, 3.63) is 65.5 Å². The van der Waals surface area contributed by atoms with Crippen molar-refractivity contribution in [1.29, 1.82) is 0 Å². The van der Waals surface area contributed by atoms with Crippen molar-refractivity contribution in [2.75, 3.05) is 19.6 Å². The SMILES string of the molecule is CC1CCN(N(C(N)=O)S(=O)(=O)c2ccc(CCNC(=O)c3ccc(F)cc3)cc2)CC1. The summed E-state index contributed by atoms with van der Waals surface area (Å²) in [5.41, 5.74) is 6.57. The molecule has 0 spiro atoms. The van der Waals surface area contributed by atoms with E-state index in [-0.39, 0.29) is 10.8 Å². The Kier molecular flexibility index (Phi) is 7.47. The minimum Gasteiger partial charge on any atom is -0.352 e. The fourth-order valence-electron chi connectivity index (χ4n) is 3.54. The highest BCUT2D eigenvalue weighted by Gasteiger charge is 2.34. The van der Waals surface area contributed by atoms with Crippen molar-refractivity contribution in [3.8, 4) is 0 Å².